The van der Waals surface area contributed by atoms with Crippen LogP contribution in [0.3, 0.4) is 0 Å². The number of hydrogen-bond acceptors (Lipinski definition) is 2. The second kappa shape index (κ2) is 7.42. The average Bonchev–Trinajstić information content (AvgIpc) is 2.48. The van der Waals surface area contributed by atoms with Crippen LogP contribution in [0.1, 0.15) is 52.5 Å². The van der Waals surface area contributed by atoms with Crippen LogP contribution in [0.4, 0.5) is 0 Å². The van der Waals surface area contributed by atoms with E-state index in [-0.39, 0.29) is 5.54 Å². The fourth-order valence-corrected chi connectivity index (χ4v) is 3.43. The van der Waals surface area contributed by atoms with E-state index in [9.17, 15) is 0 Å². The van der Waals surface area contributed by atoms with Crippen molar-refractivity contribution >= 4 is 0 Å². The van der Waals surface area contributed by atoms with Gasteiger partial charge in [0.05, 0.1) is 5.54 Å². The summed E-state index contributed by atoms with van der Waals surface area (Å²) in [4.78, 5) is 2.71. The zero-order chi connectivity index (χ0) is 15.3. The number of piperazine rings is 1. The maximum absolute atomic E-state index is 3.80. The Balaban J connectivity index is 2.03. The third-order valence-corrected chi connectivity index (χ3v) is 4.87. The van der Waals surface area contributed by atoms with Crippen molar-refractivity contribution in [1.29, 1.82) is 0 Å². The summed E-state index contributed by atoms with van der Waals surface area (Å²) in [6.45, 7) is 12.8. The van der Waals surface area contributed by atoms with Crippen LogP contribution >= 0.6 is 0 Å². The Hall–Kier alpha value is -0.860. The lowest BCUT2D eigenvalue weighted by Gasteiger charge is -2.46. The van der Waals surface area contributed by atoms with Gasteiger partial charge in [0.15, 0.2) is 0 Å². The highest BCUT2D eigenvalue weighted by molar-refractivity contribution is 5.25. The molecule has 1 fully saturated rings. The second-order valence-corrected chi connectivity index (χ2v) is 7.15. The third kappa shape index (κ3) is 4.31. The minimum Gasteiger partial charge on any atom is -0.305 e. The zero-order valence-electron chi connectivity index (χ0n) is 14.2. The highest BCUT2D eigenvalue weighted by atomic mass is 15.2. The SMILES string of the molecule is CCC1CNC(C)(c2ccccc2)CN1CCCC(C)C. The third-order valence-electron chi connectivity index (χ3n) is 4.87. The Morgan fingerprint density at radius 3 is 2.62 bits per heavy atom. The largest absolute Gasteiger partial charge is 0.305 e. The maximum atomic E-state index is 3.80. The Morgan fingerprint density at radius 1 is 1.29 bits per heavy atom. The monoisotopic (exact) mass is 288 g/mol. The lowest BCUT2D eigenvalue weighted by atomic mass is 9.87. The predicted octanol–water partition coefficient (Wildman–Crippen LogP) is 4.02. The highest BCUT2D eigenvalue weighted by Gasteiger charge is 2.35. The molecule has 2 heteroatoms. The van der Waals surface area contributed by atoms with E-state index in [4.69, 9.17) is 0 Å². The Bertz CT molecular complexity index is 415. The molecule has 21 heavy (non-hydrogen) atoms. The van der Waals surface area contributed by atoms with Crippen molar-refractivity contribution in [2.24, 2.45) is 5.92 Å². The molecule has 1 aliphatic heterocycles. The molecule has 118 valence electrons. The van der Waals surface area contributed by atoms with E-state index in [2.05, 4.69) is 68.2 Å². The van der Waals surface area contributed by atoms with E-state index in [0.717, 1.165) is 19.0 Å². The zero-order valence-corrected chi connectivity index (χ0v) is 14.2. The van der Waals surface area contributed by atoms with Gasteiger partial charge in [0.25, 0.3) is 0 Å². The number of rotatable bonds is 6. The maximum Gasteiger partial charge on any atom is 0.0535 e. The second-order valence-electron chi connectivity index (χ2n) is 7.15. The first-order valence-corrected chi connectivity index (χ1v) is 8.59. The summed E-state index contributed by atoms with van der Waals surface area (Å²) in [5.41, 5.74) is 1.50. The molecule has 0 radical (unpaired) electrons. The van der Waals surface area contributed by atoms with Crippen molar-refractivity contribution in [2.75, 3.05) is 19.6 Å². The molecule has 0 aliphatic carbocycles. The smallest absolute Gasteiger partial charge is 0.0535 e. The Morgan fingerprint density at radius 2 is 2.00 bits per heavy atom. The van der Waals surface area contributed by atoms with E-state index in [1.165, 1.54) is 31.4 Å². The van der Waals surface area contributed by atoms with E-state index < -0.39 is 0 Å². The summed E-state index contributed by atoms with van der Waals surface area (Å²) < 4.78 is 0. The van der Waals surface area contributed by atoms with Crippen molar-refractivity contribution in [3.05, 3.63) is 35.9 Å². The van der Waals surface area contributed by atoms with Gasteiger partial charge in [-0.3, -0.25) is 4.90 Å². The summed E-state index contributed by atoms with van der Waals surface area (Å²) >= 11 is 0. The molecule has 2 nitrogen and oxygen atoms in total. The molecule has 1 heterocycles. The van der Waals surface area contributed by atoms with Crippen LogP contribution in [0.15, 0.2) is 30.3 Å². The van der Waals surface area contributed by atoms with Crippen molar-refractivity contribution < 1.29 is 0 Å². The van der Waals surface area contributed by atoms with Gasteiger partial charge < -0.3 is 5.32 Å². The predicted molar refractivity (Wildman–Crippen MR) is 91.5 cm³/mol. The van der Waals surface area contributed by atoms with Gasteiger partial charge >= 0.3 is 0 Å². The van der Waals surface area contributed by atoms with Gasteiger partial charge in [-0.1, -0.05) is 51.1 Å². The van der Waals surface area contributed by atoms with Gasteiger partial charge in [0.2, 0.25) is 0 Å². The van der Waals surface area contributed by atoms with Crippen LogP contribution in [-0.4, -0.2) is 30.6 Å². The van der Waals surface area contributed by atoms with Crippen LogP contribution in [0.2, 0.25) is 0 Å². The molecule has 0 bridgehead atoms. The van der Waals surface area contributed by atoms with Crippen LogP contribution in [0, 0.1) is 5.92 Å². The van der Waals surface area contributed by atoms with Gasteiger partial charge in [-0.05, 0) is 44.2 Å². The molecule has 1 aliphatic rings. The molecular weight excluding hydrogens is 256 g/mol. The molecular formula is C19H32N2. The molecule has 1 aromatic rings. The fraction of sp³-hybridized carbons (Fsp3) is 0.684. The number of hydrogen-bond donors (Lipinski definition) is 1. The first-order valence-electron chi connectivity index (χ1n) is 8.59. The normalized spacial score (nSPS) is 27.2. The summed E-state index contributed by atoms with van der Waals surface area (Å²) in [7, 11) is 0. The van der Waals surface area contributed by atoms with E-state index in [1.807, 2.05) is 0 Å². The number of benzene rings is 1. The first-order chi connectivity index (χ1) is 10.0. The molecule has 2 atom stereocenters. The van der Waals surface area contributed by atoms with Crippen LogP contribution < -0.4 is 5.32 Å². The minimum atomic E-state index is 0.0881. The van der Waals surface area contributed by atoms with Gasteiger partial charge in [-0.15, -0.1) is 0 Å². The van der Waals surface area contributed by atoms with Gasteiger partial charge in [0.1, 0.15) is 0 Å². The van der Waals surface area contributed by atoms with Crippen molar-refractivity contribution in [3.8, 4) is 0 Å². The number of nitrogens with one attached hydrogen (secondary N) is 1. The lowest BCUT2D eigenvalue weighted by molar-refractivity contribution is 0.0807. The van der Waals surface area contributed by atoms with E-state index in [1.54, 1.807) is 0 Å². The van der Waals surface area contributed by atoms with Crippen LogP contribution in [-0.2, 0) is 5.54 Å². The molecule has 2 unspecified atom stereocenters. The summed E-state index contributed by atoms with van der Waals surface area (Å²) in [5.74, 6) is 0.813. The quantitative estimate of drug-likeness (QED) is 0.850. The Labute approximate surface area is 130 Å². The van der Waals surface area contributed by atoms with E-state index >= 15 is 0 Å². The molecule has 1 aromatic carbocycles. The minimum absolute atomic E-state index is 0.0881. The fourth-order valence-electron chi connectivity index (χ4n) is 3.43. The highest BCUT2D eigenvalue weighted by Crippen LogP contribution is 2.27. The lowest BCUT2D eigenvalue weighted by Crippen LogP contribution is -2.61. The van der Waals surface area contributed by atoms with Crippen molar-refractivity contribution in [1.82, 2.24) is 10.2 Å². The van der Waals surface area contributed by atoms with Crippen LogP contribution in [0.25, 0.3) is 0 Å². The first kappa shape index (κ1) is 16.5. The molecule has 0 spiro atoms. The molecule has 0 aromatic heterocycles. The summed E-state index contributed by atoms with van der Waals surface area (Å²) in [6, 6.07) is 11.6. The van der Waals surface area contributed by atoms with E-state index in [0.29, 0.717) is 6.04 Å². The van der Waals surface area contributed by atoms with Crippen molar-refractivity contribution in [2.45, 2.75) is 58.5 Å². The van der Waals surface area contributed by atoms with Crippen LogP contribution in [0.5, 0.6) is 0 Å². The Kier molecular flexibility index (Phi) is 5.83. The van der Waals surface area contributed by atoms with Gasteiger partial charge in [-0.25, -0.2) is 0 Å². The molecule has 2 rings (SSSR count). The average molecular weight is 288 g/mol. The summed E-state index contributed by atoms with van der Waals surface area (Å²) in [5, 5.41) is 3.80. The standard InChI is InChI=1S/C19H32N2/c1-5-18-14-20-19(4,17-11-7-6-8-12-17)15-21(18)13-9-10-16(2)3/h6-8,11-12,16,18,20H,5,9-10,13-15H2,1-4H3. The molecule has 1 N–H and O–H groups in total. The topological polar surface area (TPSA) is 15.3 Å². The van der Waals surface area contributed by atoms with Gasteiger partial charge in [-0.2, -0.15) is 0 Å². The molecule has 0 saturated carbocycles. The molecule has 0 amide bonds. The summed E-state index contributed by atoms with van der Waals surface area (Å²) in [6.07, 6.45) is 3.89. The van der Waals surface area contributed by atoms with Gasteiger partial charge in [0, 0.05) is 19.1 Å². The molecule has 1 saturated heterocycles. The number of nitrogens with zero attached hydrogens (tertiary/aromatic N) is 1. The van der Waals surface area contributed by atoms with Crippen molar-refractivity contribution in [3.63, 3.8) is 0 Å².